The van der Waals surface area contributed by atoms with Crippen LogP contribution < -0.4 is 5.32 Å². The SMILES string of the molecule is CC(=O)N1CCN(C(=O)CCNC(=O)C2CCN(S(C)(=O)=O)CC2)CC1. The molecule has 2 heterocycles. The van der Waals surface area contributed by atoms with Crippen LogP contribution in [0.2, 0.25) is 0 Å². The van der Waals surface area contributed by atoms with Crippen molar-refractivity contribution in [3.8, 4) is 0 Å². The molecule has 0 radical (unpaired) electrons. The molecule has 0 aromatic rings. The molecule has 0 aliphatic carbocycles. The summed E-state index contributed by atoms with van der Waals surface area (Å²) in [6.45, 7) is 4.65. The third-order valence-corrected chi connectivity index (χ3v) is 6.31. The molecular weight excluding hydrogens is 360 g/mol. The number of carbonyl (C=O) groups excluding carboxylic acids is 3. The number of amides is 3. The van der Waals surface area contributed by atoms with Crippen LogP contribution in [0.3, 0.4) is 0 Å². The van der Waals surface area contributed by atoms with Crippen molar-refractivity contribution >= 4 is 27.7 Å². The third kappa shape index (κ3) is 5.66. The van der Waals surface area contributed by atoms with Crippen molar-refractivity contribution in [1.29, 1.82) is 0 Å². The monoisotopic (exact) mass is 388 g/mol. The van der Waals surface area contributed by atoms with Crippen molar-refractivity contribution in [3.63, 3.8) is 0 Å². The highest BCUT2D eigenvalue weighted by Gasteiger charge is 2.29. The van der Waals surface area contributed by atoms with Gasteiger partial charge in [0.1, 0.15) is 0 Å². The van der Waals surface area contributed by atoms with Gasteiger partial charge >= 0.3 is 0 Å². The Bertz CT molecular complexity index is 635. The van der Waals surface area contributed by atoms with Crippen LogP contribution in [0.25, 0.3) is 0 Å². The fourth-order valence-electron chi connectivity index (χ4n) is 3.32. The molecule has 2 aliphatic heterocycles. The zero-order valence-electron chi connectivity index (χ0n) is 15.4. The number of nitrogens with zero attached hydrogens (tertiary/aromatic N) is 3. The Kier molecular flexibility index (Phi) is 6.99. The summed E-state index contributed by atoms with van der Waals surface area (Å²) in [4.78, 5) is 39.1. The first-order chi connectivity index (χ1) is 12.2. The molecule has 0 unspecified atom stereocenters. The molecule has 9 nitrogen and oxygen atoms in total. The molecule has 1 N–H and O–H groups in total. The molecule has 148 valence electrons. The molecule has 3 amide bonds. The first kappa shape index (κ1) is 20.6. The van der Waals surface area contributed by atoms with Gasteiger partial charge in [0.15, 0.2) is 0 Å². The molecule has 0 saturated carbocycles. The minimum atomic E-state index is -3.20. The number of nitrogens with one attached hydrogen (secondary N) is 1. The van der Waals surface area contributed by atoms with E-state index >= 15 is 0 Å². The molecule has 2 aliphatic rings. The maximum Gasteiger partial charge on any atom is 0.224 e. The van der Waals surface area contributed by atoms with E-state index in [9.17, 15) is 22.8 Å². The Labute approximate surface area is 154 Å². The van der Waals surface area contributed by atoms with Crippen LogP contribution in [0, 0.1) is 5.92 Å². The van der Waals surface area contributed by atoms with Crippen LogP contribution >= 0.6 is 0 Å². The maximum absolute atomic E-state index is 12.2. The van der Waals surface area contributed by atoms with Gasteiger partial charge in [0.05, 0.1) is 6.26 Å². The zero-order chi connectivity index (χ0) is 19.3. The Morgan fingerprint density at radius 3 is 2.00 bits per heavy atom. The second-order valence-corrected chi connectivity index (χ2v) is 8.85. The van der Waals surface area contributed by atoms with Crippen molar-refractivity contribution < 1.29 is 22.8 Å². The summed E-state index contributed by atoms with van der Waals surface area (Å²) in [6.07, 6.45) is 2.41. The van der Waals surface area contributed by atoms with Crippen LogP contribution in [-0.2, 0) is 24.4 Å². The van der Waals surface area contributed by atoms with E-state index in [1.54, 1.807) is 9.80 Å². The first-order valence-electron chi connectivity index (χ1n) is 8.94. The number of hydrogen-bond donors (Lipinski definition) is 1. The average molecular weight is 388 g/mol. The third-order valence-electron chi connectivity index (χ3n) is 5.01. The van der Waals surface area contributed by atoms with Crippen molar-refractivity contribution in [3.05, 3.63) is 0 Å². The highest BCUT2D eigenvalue weighted by molar-refractivity contribution is 7.88. The summed E-state index contributed by atoms with van der Waals surface area (Å²) in [5.41, 5.74) is 0. The Hall–Kier alpha value is -1.68. The highest BCUT2D eigenvalue weighted by atomic mass is 32.2. The van der Waals surface area contributed by atoms with Gasteiger partial charge in [-0.05, 0) is 12.8 Å². The first-order valence-corrected chi connectivity index (χ1v) is 10.8. The Balaban J connectivity index is 1.66. The fourth-order valence-corrected chi connectivity index (χ4v) is 4.19. The van der Waals surface area contributed by atoms with E-state index in [4.69, 9.17) is 0 Å². The van der Waals surface area contributed by atoms with E-state index in [1.807, 2.05) is 0 Å². The lowest BCUT2D eigenvalue weighted by Crippen LogP contribution is -2.50. The highest BCUT2D eigenvalue weighted by Crippen LogP contribution is 2.19. The minimum absolute atomic E-state index is 0.0197. The molecule has 2 fully saturated rings. The van der Waals surface area contributed by atoms with E-state index in [0.717, 1.165) is 0 Å². The number of piperidine rings is 1. The Morgan fingerprint density at radius 1 is 0.962 bits per heavy atom. The van der Waals surface area contributed by atoms with Crippen LogP contribution in [0.4, 0.5) is 0 Å². The zero-order valence-corrected chi connectivity index (χ0v) is 16.3. The molecule has 0 atom stereocenters. The quantitative estimate of drug-likeness (QED) is 0.640. The van der Waals surface area contributed by atoms with E-state index in [0.29, 0.717) is 52.1 Å². The molecule has 2 rings (SSSR count). The largest absolute Gasteiger partial charge is 0.355 e. The molecular formula is C16H28N4O5S. The van der Waals surface area contributed by atoms with Gasteiger partial charge in [0.25, 0.3) is 0 Å². The van der Waals surface area contributed by atoms with Crippen molar-refractivity contribution in [1.82, 2.24) is 19.4 Å². The van der Waals surface area contributed by atoms with Gasteiger partial charge in [-0.1, -0.05) is 0 Å². The predicted octanol–water partition coefficient (Wildman–Crippen LogP) is -1.14. The van der Waals surface area contributed by atoms with Crippen LogP contribution in [0.15, 0.2) is 0 Å². The summed E-state index contributed by atoms with van der Waals surface area (Å²) in [5.74, 6) is -0.332. The maximum atomic E-state index is 12.2. The smallest absolute Gasteiger partial charge is 0.224 e. The lowest BCUT2D eigenvalue weighted by atomic mass is 9.97. The van der Waals surface area contributed by atoms with E-state index in [2.05, 4.69) is 5.32 Å². The van der Waals surface area contributed by atoms with Crippen LogP contribution in [0.1, 0.15) is 26.2 Å². The van der Waals surface area contributed by atoms with Gasteiger partial charge in [-0.25, -0.2) is 12.7 Å². The summed E-state index contributed by atoms with van der Waals surface area (Å²) in [6, 6.07) is 0. The summed E-state index contributed by atoms with van der Waals surface area (Å²) >= 11 is 0. The molecule has 26 heavy (non-hydrogen) atoms. The van der Waals surface area contributed by atoms with E-state index < -0.39 is 10.0 Å². The number of piperazine rings is 1. The van der Waals surface area contributed by atoms with Crippen LogP contribution in [-0.4, -0.2) is 92.3 Å². The fraction of sp³-hybridized carbons (Fsp3) is 0.812. The summed E-state index contributed by atoms with van der Waals surface area (Å²) in [7, 11) is -3.20. The molecule has 0 bridgehead atoms. The van der Waals surface area contributed by atoms with Gasteiger partial charge in [-0.3, -0.25) is 14.4 Å². The average Bonchev–Trinajstić information content (AvgIpc) is 2.61. The second kappa shape index (κ2) is 8.81. The minimum Gasteiger partial charge on any atom is -0.355 e. The molecule has 0 spiro atoms. The van der Waals surface area contributed by atoms with E-state index in [-0.39, 0.29) is 36.6 Å². The van der Waals surface area contributed by atoms with Crippen LogP contribution in [0.5, 0.6) is 0 Å². The van der Waals surface area contributed by atoms with Gasteiger partial charge in [-0.2, -0.15) is 0 Å². The van der Waals surface area contributed by atoms with Gasteiger partial charge in [-0.15, -0.1) is 0 Å². The second-order valence-electron chi connectivity index (χ2n) is 6.86. The molecule has 10 heteroatoms. The predicted molar refractivity (Wildman–Crippen MR) is 95.6 cm³/mol. The normalized spacial score (nSPS) is 20.1. The van der Waals surface area contributed by atoms with Crippen molar-refractivity contribution in [2.45, 2.75) is 26.2 Å². The van der Waals surface area contributed by atoms with Gasteiger partial charge in [0.2, 0.25) is 27.7 Å². The lowest BCUT2D eigenvalue weighted by molar-refractivity contribution is -0.138. The lowest BCUT2D eigenvalue weighted by Gasteiger charge is -2.34. The van der Waals surface area contributed by atoms with Gasteiger partial charge < -0.3 is 15.1 Å². The molecule has 0 aromatic heterocycles. The molecule has 2 saturated heterocycles. The number of hydrogen-bond acceptors (Lipinski definition) is 5. The topological polar surface area (TPSA) is 107 Å². The standard InChI is InChI=1S/C16H28N4O5S/c1-13(21)18-9-11-19(12-10-18)15(22)3-6-17-16(23)14-4-7-20(8-5-14)26(2,24)25/h14H,3-12H2,1-2H3,(H,17,23). The van der Waals surface area contributed by atoms with Crippen molar-refractivity contribution in [2.24, 2.45) is 5.92 Å². The number of sulfonamides is 1. The number of carbonyl (C=O) groups is 3. The summed E-state index contributed by atoms with van der Waals surface area (Å²) in [5, 5.41) is 2.78. The Morgan fingerprint density at radius 2 is 1.50 bits per heavy atom. The van der Waals surface area contributed by atoms with Crippen molar-refractivity contribution in [2.75, 3.05) is 52.1 Å². The van der Waals surface area contributed by atoms with Gasteiger partial charge in [0, 0.05) is 65.1 Å². The molecule has 0 aromatic carbocycles. The van der Waals surface area contributed by atoms with E-state index in [1.165, 1.54) is 17.5 Å². The number of rotatable bonds is 5. The summed E-state index contributed by atoms with van der Waals surface area (Å²) < 4.78 is 24.3.